The second-order valence-electron chi connectivity index (χ2n) is 3.07. The van der Waals surface area contributed by atoms with Crippen LogP contribution in [0.3, 0.4) is 0 Å². The molecule has 1 heterocycles. The molecule has 0 spiro atoms. The standard InChI is InChI=1S/C6H2F9N3/c7-4(8,9)2(5(10,11)12)1-3(6(13,14)15)17-18-16-1/h2H,(H,16,17,18). The summed E-state index contributed by atoms with van der Waals surface area (Å²) in [5, 5.41) is 5.70. The zero-order valence-corrected chi connectivity index (χ0v) is 7.87. The van der Waals surface area contributed by atoms with Gasteiger partial charge in [0.05, 0.1) is 0 Å². The van der Waals surface area contributed by atoms with E-state index in [0.29, 0.717) is 0 Å². The monoisotopic (exact) mass is 287 g/mol. The molecule has 0 fully saturated rings. The summed E-state index contributed by atoms with van der Waals surface area (Å²) in [5.41, 5.74) is -4.59. The molecule has 0 aliphatic heterocycles. The largest absolute Gasteiger partial charge is 0.437 e. The molecule has 0 aliphatic rings. The summed E-state index contributed by atoms with van der Waals surface area (Å²) < 4.78 is 110. The van der Waals surface area contributed by atoms with Gasteiger partial charge in [0.2, 0.25) is 0 Å². The summed E-state index contributed by atoms with van der Waals surface area (Å²) >= 11 is 0. The fraction of sp³-hybridized carbons (Fsp3) is 0.667. The van der Waals surface area contributed by atoms with Crippen LogP contribution in [0.2, 0.25) is 0 Å². The van der Waals surface area contributed by atoms with Gasteiger partial charge < -0.3 is 0 Å². The van der Waals surface area contributed by atoms with Crippen molar-refractivity contribution < 1.29 is 39.5 Å². The maximum atomic E-state index is 12.2. The van der Waals surface area contributed by atoms with E-state index in [9.17, 15) is 39.5 Å². The summed E-state index contributed by atoms with van der Waals surface area (Å²) in [5.74, 6) is -4.35. The number of hydrogen-bond donors (Lipinski definition) is 1. The van der Waals surface area contributed by atoms with E-state index in [0.717, 1.165) is 5.21 Å². The van der Waals surface area contributed by atoms with Crippen LogP contribution in [0, 0.1) is 0 Å². The molecule has 1 N–H and O–H groups in total. The average molecular weight is 287 g/mol. The highest BCUT2D eigenvalue weighted by Gasteiger charge is 2.61. The Hall–Kier alpha value is -1.49. The number of nitrogens with one attached hydrogen (secondary N) is 1. The van der Waals surface area contributed by atoms with Crippen LogP contribution in [0.5, 0.6) is 0 Å². The molecular weight excluding hydrogens is 285 g/mol. The van der Waals surface area contributed by atoms with Crippen molar-refractivity contribution >= 4 is 0 Å². The lowest BCUT2D eigenvalue weighted by atomic mass is 10.0. The molecule has 0 unspecified atom stereocenters. The number of H-pyrrole nitrogens is 1. The molecular formula is C6H2F9N3. The predicted molar refractivity (Wildman–Crippen MR) is 36.2 cm³/mol. The number of rotatable bonds is 1. The first-order valence-corrected chi connectivity index (χ1v) is 3.96. The summed E-state index contributed by atoms with van der Waals surface area (Å²) in [6.07, 6.45) is -17.4. The molecule has 18 heavy (non-hydrogen) atoms. The van der Waals surface area contributed by atoms with Gasteiger partial charge in [0.1, 0.15) is 5.69 Å². The number of nitrogens with zero attached hydrogens (tertiary/aromatic N) is 2. The third-order valence-electron chi connectivity index (χ3n) is 1.77. The van der Waals surface area contributed by atoms with Crippen LogP contribution in [-0.4, -0.2) is 27.8 Å². The lowest BCUT2D eigenvalue weighted by Crippen LogP contribution is -2.35. The summed E-state index contributed by atoms with van der Waals surface area (Å²) in [6, 6.07) is 0. The summed E-state index contributed by atoms with van der Waals surface area (Å²) in [6.45, 7) is 0. The number of aromatic amines is 1. The van der Waals surface area contributed by atoms with E-state index in [-0.39, 0.29) is 0 Å². The van der Waals surface area contributed by atoms with Crippen LogP contribution in [-0.2, 0) is 6.18 Å². The minimum Gasteiger partial charge on any atom is -0.197 e. The van der Waals surface area contributed by atoms with Crippen LogP contribution in [0.15, 0.2) is 0 Å². The molecule has 1 aromatic heterocycles. The molecule has 0 saturated carbocycles. The molecule has 12 heteroatoms. The van der Waals surface area contributed by atoms with Gasteiger partial charge in [0.15, 0.2) is 11.6 Å². The Balaban J connectivity index is 3.38. The first-order chi connectivity index (χ1) is 7.85. The van der Waals surface area contributed by atoms with Crippen LogP contribution in [0.25, 0.3) is 0 Å². The van der Waals surface area contributed by atoms with Gasteiger partial charge in [-0.25, -0.2) is 0 Å². The molecule has 1 aromatic rings. The summed E-state index contributed by atoms with van der Waals surface area (Å²) in [7, 11) is 0. The van der Waals surface area contributed by atoms with Gasteiger partial charge in [-0.2, -0.15) is 54.9 Å². The van der Waals surface area contributed by atoms with Gasteiger partial charge in [0.25, 0.3) is 0 Å². The predicted octanol–water partition coefficient (Wildman–Crippen LogP) is 3.03. The molecule has 0 aromatic carbocycles. The number of aromatic nitrogens is 3. The van der Waals surface area contributed by atoms with Gasteiger partial charge in [0, 0.05) is 0 Å². The van der Waals surface area contributed by atoms with E-state index in [1.165, 1.54) is 0 Å². The van der Waals surface area contributed by atoms with Gasteiger partial charge >= 0.3 is 18.5 Å². The third-order valence-corrected chi connectivity index (χ3v) is 1.77. The number of hydrogen-bond acceptors (Lipinski definition) is 2. The van der Waals surface area contributed by atoms with E-state index in [4.69, 9.17) is 0 Å². The van der Waals surface area contributed by atoms with Gasteiger partial charge in [-0.1, -0.05) is 0 Å². The Morgan fingerprint density at radius 2 is 1.22 bits per heavy atom. The van der Waals surface area contributed by atoms with Crippen molar-refractivity contribution in [2.45, 2.75) is 24.4 Å². The average Bonchev–Trinajstić information content (AvgIpc) is 2.44. The Morgan fingerprint density at radius 1 is 0.778 bits per heavy atom. The van der Waals surface area contributed by atoms with Gasteiger partial charge in [-0.05, 0) is 0 Å². The number of halogens is 9. The van der Waals surface area contributed by atoms with Crippen molar-refractivity contribution in [1.82, 2.24) is 15.4 Å². The normalized spacial score (nSPS) is 14.3. The van der Waals surface area contributed by atoms with E-state index in [2.05, 4.69) is 10.2 Å². The molecule has 104 valence electrons. The van der Waals surface area contributed by atoms with Crippen LogP contribution in [0.4, 0.5) is 39.5 Å². The fourth-order valence-corrected chi connectivity index (χ4v) is 1.14. The highest BCUT2D eigenvalue weighted by atomic mass is 19.4. The molecule has 0 saturated heterocycles. The lowest BCUT2D eigenvalue weighted by Gasteiger charge is -2.21. The Bertz CT molecular complexity index is 397. The van der Waals surface area contributed by atoms with Crippen molar-refractivity contribution in [3.8, 4) is 0 Å². The maximum absolute atomic E-state index is 12.2. The van der Waals surface area contributed by atoms with Crippen molar-refractivity contribution in [3.05, 3.63) is 11.4 Å². The lowest BCUT2D eigenvalue weighted by molar-refractivity contribution is -0.255. The van der Waals surface area contributed by atoms with E-state index in [1.807, 2.05) is 0 Å². The van der Waals surface area contributed by atoms with Crippen molar-refractivity contribution in [1.29, 1.82) is 0 Å². The van der Waals surface area contributed by atoms with Crippen molar-refractivity contribution in [2.75, 3.05) is 0 Å². The Kier molecular flexibility index (Phi) is 3.25. The molecule has 0 bridgehead atoms. The van der Waals surface area contributed by atoms with Crippen molar-refractivity contribution in [2.24, 2.45) is 0 Å². The quantitative estimate of drug-likeness (QED) is 0.807. The first kappa shape index (κ1) is 14.6. The molecule has 0 atom stereocenters. The highest BCUT2D eigenvalue weighted by Crippen LogP contribution is 2.48. The third kappa shape index (κ3) is 2.85. The first-order valence-electron chi connectivity index (χ1n) is 3.96. The van der Waals surface area contributed by atoms with Crippen LogP contribution >= 0.6 is 0 Å². The summed E-state index contributed by atoms with van der Waals surface area (Å²) in [4.78, 5) is 0. The maximum Gasteiger partial charge on any atom is 0.437 e. The van der Waals surface area contributed by atoms with Gasteiger partial charge in [-0.15, -0.1) is 0 Å². The topological polar surface area (TPSA) is 41.6 Å². The minimum absolute atomic E-state index is 1.11. The zero-order chi connectivity index (χ0) is 14.4. The van der Waals surface area contributed by atoms with Crippen LogP contribution < -0.4 is 0 Å². The molecule has 0 amide bonds. The van der Waals surface area contributed by atoms with Crippen molar-refractivity contribution in [3.63, 3.8) is 0 Å². The zero-order valence-electron chi connectivity index (χ0n) is 7.87. The van der Waals surface area contributed by atoms with E-state index < -0.39 is 35.8 Å². The number of alkyl halides is 9. The van der Waals surface area contributed by atoms with E-state index in [1.54, 1.807) is 0 Å². The Morgan fingerprint density at radius 3 is 1.56 bits per heavy atom. The van der Waals surface area contributed by atoms with Gasteiger partial charge in [-0.3, -0.25) is 0 Å². The molecule has 1 rings (SSSR count). The second-order valence-corrected chi connectivity index (χ2v) is 3.07. The molecule has 0 radical (unpaired) electrons. The minimum atomic E-state index is -5.96. The highest BCUT2D eigenvalue weighted by molar-refractivity contribution is 5.20. The fourth-order valence-electron chi connectivity index (χ4n) is 1.14. The molecule has 3 nitrogen and oxygen atoms in total. The second kappa shape index (κ2) is 4.02. The van der Waals surface area contributed by atoms with Crippen LogP contribution in [0.1, 0.15) is 17.3 Å². The molecule has 0 aliphatic carbocycles. The SMILES string of the molecule is FC(F)(F)c1n[nH]nc1C(C(F)(F)F)C(F)(F)F. The smallest absolute Gasteiger partial charge is 0.197 e. The Labute approximate surface area is 92.0 Å². The van der Waals surface area contributed by atoms with E-state index >= 15 is 0 Å².